The lowest BCUT2D eigenvalue weighted by atomic mass is 9.94. The molecule has 138 valence electrons. The van der Waals surface area contributed by atoms with Gasteiger partial charge >= 0.3 is 0 Å². The molecule has 4 rings (SSSR count). The lowest BCUT2D eigenvalue weighted by Gasteiger charge is -2.31. The second-order valence-electron chi connectivity index (χ2n) is 7.00. The van der Waals surface area contributed by atoms with E-state index in [1.807, 2.05) is 29.6 Å². The summed E-state index contributed by atoms with van der Waals surface area (Å²) in [5.74, 6) is 0.944. The van der Waals surface area contributed by atoms with Gasteiger partial charge in [-0.25, -0.2) is 0 Å². The fourth-order valence-corrected chi connectivity index (χ4v) is 4.31. The molecule has 5 nitrogen and oxygen atoms in total. The molecule has 0 bridgehead atoms. The van der Waals surface area contributed by atoms with Crippen LogP contribution in [0.25, 0.3) is 0 Å². The number of fused-ring (bicyclic) bond motifs is 1. The fraction of sp³-hybridized carbons (Fsp3) is 0.450. The fourth-order valence-electron chi connectivity index (χ4n) is 3.56. The minimum absolute atomic E-state index is 0.0698. The molecule has 0 saturated heterocycles. The molecule has 0 unspecified atom stereocenters. The summed E-state index contributed by atoms with van der Waals surface area (Å²) in [6, 6.07) is 9.85. The zero-order chi connectivity index (χ0) is 18.0. The predicted octanol–water partition coefficient (Wildman–Crippen LogP) is 4.47. The number of benzene rings is 1. The van der Waals surface area contributed by atoms with Gasteiger partial charge in [0.15, 0.2) is 11.5 Å². The van der Waals surface area contributed by atoms with E-state index in [1.54, 1.807) is 11.3 Å². The molecule has 1 amide bonds. The number of rotatable bonds is 5. The van der Waals surface area contributed by atoms with Crippen LogP contribution in [0, 0.1) is 0 Å². The molecule has 1 aliphatic heterocycles. The van der Waals surface area contributed by atoms with Crippen LogP contribution in [0.4, 0.5) is 5.69 Å². The van der Waals surface area contributed by atoms with E-state index in [-0.39, 0.29) is 18.5 Å². The summed E-state index contributed by atoms with van der Waals surface area (Å²) in [6.07, 6.45) is 5.35. The molecule has 1 aliphatic carbocycles. The van der Waals surface area contributed by atoms with E-state index in [2.05, 4.69) is 23.6 Å². The molecule has 1 spiro atoms. The van der Waals surface area contributed by atoms with Crippen molar-refractivity contribution in [3.05, 3.63) is 40.6 Å². The normalized spacial score (nSPS) is 18.7. The Balaban J connectivity index is 1.33. The summed E-state index contributed by atoms with van der Waals surface area (Å²) in [7, 11) is 0. The van der Waals surface area contributed by atoms with Crippen molar-refractivity contribution in [1.29, 1.82) is 0 Å². The number of carbonyl (C=O) groups excluding carboxylic acids is 1. The van der Waals surface area contributed by atoms with Gasteiger partial charge < -0.3 is 20.1 Å². The first-order valence-corrected chi connectivity index (χ1v) is 10.1. The minimum Gasteiger partial charge on any atom is -0.448 e. The van der Waals surface area contributed by atoms with Gasteiger partial charge in [0, 0.05) is 35.5 Å². The lowest BCUT2D eigenvalue weighted by molar-refractivity contribution is -0.115. The van der Waals surface area contributed by atoms with Crippen molar-refractivity contribution in [2.45, 2.75) is 50.9 Å². The molecule has 1 atom stereocenters. The lowest BCUT2D eigenvalue weighted by Crippen LogP contribution is -2.40. The molecule has 1 aromatic heterocycles. The Morgan fingerprint density at radius 3 is 2.77 bits per heavy atom. The molecule has 1 saturated carbocycles. The number of nitrogens with one attached hydrogen (secondary N) is 2. The summed E-state index contributed by atoms with van der Waals surface area (Å²) in [5.41, 5.74) is 0.732. The van der Waals surface area contributed by atoms with Crippen molar-refractivity contribution in [2.24, 2.45) is 0 Å². The van der Waals surface area contributed by atoms with Crippen LogP contribution in [0.2, 0.25) is 0 Å². The smallest absolute Gasteiger partial charge is 0.251 e. The maximum atomic E-state index is 12.2. The highest BCUT2D eigenvalue weighted by Crippen LogP contribution is 2.46. The first kappa shape index (κ1) is 17.4. The topological polar surface area (TPSA) is 59.6 Å². The average molecular weight is 372 g/mol. The van der Waals surface area contributed by atoms with Gasteiger partial charge in [-0.1, -0.05) is 12.5 Å². The minimum atomic E-state index is -0.485. The van der Waals surface area contributed by atoms with Gasteiger partial charge in [-0.15, -0.1) is 11.3 Å². The van der Waals surface area contributed by atoms with Gasteiger partial charge in [0.1, 0.15) is 0 Å². The standard InChI is InChI=1S/C20H24N2O3S/c1-14(18-6-5-11-26-18)21-13-19(23)22-15-7-8-16-17(12-15)25-20(24-16)9-3-2-4-10-20/h5-8,11-12,14,21H,2-4,9-10,13H2,1H3,(H,22,23)/t14-/m1/s1. The number of hydrogen-bond acceptors (Lipinski definition) is 5. The predicted molar refractivity (Wildman–Crippen MR) is 103 cm³/mol. The first-order chi connectivity index (χ1) is 12.6. The first-order valence-electron chi connectivity index (χ1n) is 9.22. The highest BCUT2D eigenvalue weighted by atomic mass is 32.1. The van der Waals surface area contributed by atoms with Gasteiger partial charge in [-0.2, -0.15) is 0 Å². The quantitative estimate of drug-likeness (QED) is 0.813. The highest BCUT2D eigenvalue weighted by molar-refractivity contribution is 7.10. The highest BCUT2D eigenvalue weighted by Gasteiger charge is 2.42. The van der Waals surface area contributed by atoms with Crippen molar-refractivity contribution >= 4 is 22.9 Å². The third-order valence-electron chi connectivity index (χ3n) is 4.97. The molecule has 6 heteroatoms. The zero-order valence-corrected chi connectivity index (χ0v) is 15.7. The summed E-state index contributed by atoms with van der Waals surface area (Å²) >= 11 is 1.69. The average Bonchev–Trinajstić information content (AvgIpc) is 3.28. The molecule has 2 aliphatic rings. The second kappa shape index (κ2) is 7.29. The number of amides is 1. The summed E-state index contributed by atoms with van der Waals surface area (Å²) in [5, 5.41) is 8.22. The monoisotopic (exact) mass is 372 g/mol. The molecule has 1 aromatic carbocycles. The van der Waals surface area contributed by atoms with E-state index in [0.717, 1.165) is 42.9 Å². The molecule has 2 aromatic rings. The maximum Gasteiger partial charge on any atom is 0.251 e. The Morgan fingerprint density at radius 1 is 1.19 bits per heavy atom. The number of carbonyl (C=O) groups is 1. The Labute approximate surface area is 157 Å². The molecule has 1 fully saturated rings. The summed E-state index contributed by atoms with van der Waals surface area (Å²) in [6.45, 7) is 2.32. The van der Waals surface area contributed by atoms with Gasteiger partial charge in [-0.3, -0.25) is 4.79 Å². The van der Waals surface area contributed by atoms with Gasteiger partial charge in [-0.05, 0) is 43.3 Å². The van der Waals surface area contributed by atoms with Crippen LogP contribution in [0.15, 0.2) is 35.7 Å². The molecular weight excluding hydrogens is 348 g/mol. The van der Waals surface area contributed by atoms with Crippen LogP contribution in [0.5, 0.6) is 11.5 Å². The Kier molecular flexibility index (Phi) is 4.87. The van der Waals surface area contributed by atoms with Crippen molar-refractivity contribution in [3.8, 4) is 11.5 Å². The second-order valence-corrected chi connectivity index (χ2v) is 7.98. The van der Waals surface area contributed by atoms with Crippen molar-refractivity contribution in [2.75, 3.05) is 11.9 Å². The zero-order valence-electron chi connectivity index (χ0n) is 14.9. The third kappa shape index (κ3) is 3.71. The van der Waals surface area contributed by atoms with Crippen LogP contribution < -0.4 is 20.1 Å². The van der Waals surface area contributed by atoms with Crippen molar-refractivity contribution in [1.82, 2.24) is 5.32 Å². The Bertz CT molecular complexity index is 769. The summed E-state index contributed by atoms with van der Waals surface area (Å²) < 4.78 is 12.2. The number of ether oxygens (including phenoxy) is 2. The van der Waals surface area contributed by atoms with Crippen LogP contribution in [-0.2, 0) is 4.79 Å². The molecular formula is C20H24N2O3S. The number of anilines is 1. The largest absolute Gasteiger partial charge is 0.448 e. The van der Waals surface area contributed by atoms with Crippen LogP contribution in [-0.4, -0.2) is 18.2 Å². The van der Waals surface area contributed by atoms with E-state index in [1.165, 1.54) is 11.3 Å². The Morgan fingerprint density at radius 2 is 2.00 bits per heavy atom. The molecule has 26 heavy (non-hydrogen) atoms. The molecule has 2 N–H and O–H groups in total. The SMILES string of the molecule is C[C@@H](NCC(=O)Nc1ccc2c(c1)OC1(CCCCC1)O2)c1cccs1. The van der Waals surface area contributed by atoms with E-state index >= 15 is 0 Å². The van der Waals surface area contributed by atoms with Gasteiger partial charge in [0.05, 0.1) is 6.54 Å². The van der Waals surface area contributed by atoms with E-state index < -0.39 is 5.79 Å². The van der Waals surface area contributed by atoms with Crippen LogP contribution in [0.1, 0.15) is 49.9 Å². The van der Waals surface area contributed by atoms with Crippen molar-refractivity contribution < 1.29 is 14.3 Å². The third-order valence-corrected chi connectivity index (χ3v) is 6.03. The van der Waals surface area contributed by atoms with Gasteiger partial charge in [0.25, 0.3) is 5.79 Å². The number of thiophene rings is 1. The molecule has 0 radical (unpaired) electrons. The van der Waals surface area contributed by atoms with Crippen LogP contribution in [0.3, 0.4) is 0 Å². The van der Waals surface area contributed by atoms with Crippen LogP contribution >= 0.6 is 11.3 Å². The van der Waals surface area contributed by atoms with E-state index in [9.17, 15) is 4.79 Å². The van der Waals surface area contributed by atoms with E-state index in [4.69, 9.17) is 9.47 Å². The number of hydrogen-bond donors (Lipinski definition) is 2. The Hall–Kier alpha value is -2.05. The van der Waals surface area contributed by atoms with Crippen molar-refractivity contribution in [3.63, 3.8) is 0 Å². The molecule has 2 heterocycles. The summed E-state index contributed by atoms with van der Waals surface area (Å²) in [4.78, 5) is 13.5. The maximum absolute atomic E-state index is 12.2. The van der Waals surface area contributed by atoms with E-state index in [0.29, 0.717) is 0 Å². The van der Waals surface area contributed by atoms with Gasteiger partial charge in [0.2, 0.25) is 5.91 Å².